The third kappa shape index (κ3) is 6.09. The van der Waals surface area contributed by atoms with E-state index in [0.29, 0.717) is 0 Å². The second-order valence-electron chi connectivity index (χ2n) is 3.35. The summed E-state index contributed by atoms with van der Waals surface area (Å²) in [4.78, 5) is 0. The van der Waals surface area contributed by atoms with Crippen LogP contribution in [-0.4, -0.2) is 34.5 Å². The highest BCUT2D eigenvalue weighted by Gasteiger charge is 2.49. The Morgan fingerprint density at radius 2 is 1.33 bits per heavy atom. The molecule has 0 aliphatic carbocycles. The minimum absolute atomic E-state index is 0.568. The maximum absolute atomic E-state index is 11.9. The number of halogens is 6. The maximum atomic E-state index is 11.9. The van der Waals surface area contributed by atoms with Gasteiger partial charge in [0.05, 0.1) is 6.61 Å². The molecule has 0 spiro atoms. The van der Waals surface area contributed by atoms with Crippen molar-refractivity contribution in [3.63, 3.8) is 0 Å². The number of allylic oxidation sites excluding steroid dienone is 1. The fraction of sp³-hybridized carbons (Fsp3) is 0.714. The Bertz CT molecular complexity index is 572. The standard InChI is InChI=1S/C7H8F6O6S2/c1-5(19-21(16,17)7(11,12)13)3-2-4-18-20(14,15)6(8,9)10/h1-4H2. The molecule has 0 aromatic rings. The molecule has 0 saturated carbocycles. The van der Waals surface area contributed by atoms with Crippen LogP contribution in [0.1, 0.15) is 12.8 Å². The summed E-state index contributed by atoms with van der Waals surface area (Å²) in [6.45, 7) is 1.76. The average molecular weight is 366 g/mol. The van der Waals surface area contributed by atoms with Crippen molar-refractivity contribution in [2.75, 3.05) is 6.61 Å². The lowest BCUT2D eigenvalue weighted by molar-refractivity contribution is -0.0546. The largest absolute Gasteiger partial charge is 0.534 e. The van der Waals surface area contributed by atoms with Crippen molar-refractivity contribution in [1.29, 1.82) is 0 Å². The molecule has 0 aromatic heterocycles. The fourth-order valence-corrected chi connectivity index (χ4v) is 1.71. The van der Waals surface area contributed by atoms with Crippen LogP contribution in [0.15, 0.2) is 12.3 Å². The van der Waals surface area contributed by atoms with E-state index in [0.717, 1.165) is 0 Å². The summed E-state index contributed by atoms with van der Waals surface area (Å²) >= 11 is 0. The van der Waals surface area contributed by atoms with Crippen molar-refractivity contribution >= 4 is 20.2 Å². The molecule has 0 unspecified atom stereocenters. The molecule has 21 heavy (non-hydrogen) atoms. The van der Waals surface area contributed by atoms with E-state index in [1.54, 1.807) is 0 Å². The van der Waals surface area contributed by atoms with Gasteiger partial charge in [0.1, 0.15) is 5.76 Å². The molecule has 14 heteroatoms. The van der Waals surface area contributed by atoms with E-state index in [4.69, 9.17) is 0 Å². The van der Waals surface area contributed by atoms with Crippen LogP contribution >= 0.6 is 0 Å². The van der Waals surface area contributed by atoms with Crippen molar-refractivity contribution in [2.24, 2.45) is 0 Å². The second-order valence-corrected chi connectivity index (χ2v) is 6.49. The van der Waals surface area contributed by atoms with Crippen LogP contribution in [0.5, 0.6) is 0 Å². The van der Waals surface area contributed by atoms with Gasteiger partial charge in [-0.1, -0.05) is 6.58 Å². The molecule has 0 N–H and O–H groups in total. The number of hydrogen-bond acceptors (Lipinski definition) is 6. The average Bonchev–Trinajstić information content (AvgIpc) is 2.20. The van der Waals surface area contributed by atoms with Crippen molar-refractivity contribution < 1.29 is 51.5 Å². The summed E-state index contributed by atoms with van der Waals surface area (Å²) in [7, 11) is -11.7. The third-order valence-electron chi connectivity index (χ3n) is 1.63. The lowest BCUT2D eigenvalue weighted by Gasteiger charge is -2.11. The molecule has 0 radical (unpaired) electrons. The van der Waals surface area contributed by atoms with Gasteiger partial charge in [-0.05, 0) is 6.42 Å². The van der Waals surface area contributed by atoms with Crippen molar-refractivity contribution in [2.45, 2.75) is 23.9 Å². The molecule has 0 aromatic carbocycles. The van der Waals surface area contributed by atoms with Crippen LogP contribution in [0, 0.1) is 0 Å². The normalized spacial score (nSPS) is 14.0. The summed E-state index contributed by atoms with van der Waals surface area (Å²) < 4.78 is 120. The predicted molar refractivity (Wildman–Crippen MR) is 55.4 cm³/mol. The Morgan fingerprint density at radius 3 is 1.71 bits per heavy atom. The zero-order chi connectivity index (χ0) is 17.1. The van der Waals surface area contributed by atoms with E-state index in [9.17, 15) is 43.2 Å². The minimum atomic E-state index is -5.92. The smallest absolute Gasteiger partial charge is 0.381 e. The second kappa shape index (κ2) is 6.39. The van der Waals surface area contributed by atoms with Crippen molar-refractivity contribution in [3.05, 3.63) is 12.3 Å². The predicted octanol–water partition coefficient (Wildman–Crippen LogP) is 2.01. The number of alkyl halides is 6. The molecule has 0 amide bonds. The van der Waals surface area contributed by atoms with Crippen LogP contribution in [-0.2, 0) is 28.6 Å². The summed E-state index contributed by atoms with van der Waals surface area (Å²) in [5.74, 6) is -0.930. The number of hydrogen-bond donors (Lipinski definition) is 0. The zero-order valence-electron chi connectivity index (χ0n) is 9.86. The molecule has 0 rings (SSSR count). The molecule has 0 atom stereocenters. The molecule has 0 fully saturated rings. The van der Waals surface area contributed by atoms with Gasteiger partial charge in [-0.15, -0.1) is 0 Å². The molecule has 0 aliphatic heterocycles. The molecule has 0 aliphatic rings. The van der Waals surface area contributed by atoms with E-state index >= 15 is 0 Å². The quantitative estimate of drug-likeness (QED) is 0.225. The van der Waals surface area contributed by atoms with Crippen LogP contribution < -0.4 is 0 Å². The molecular formula is C7H8F6O6S2. The van der Waals surface area contributed by atoms with Crippen LogP contribution in [0.4, 0.5) is 26.3 Å². The SMILES string of the molecule is C=C(CCCOS(=O)(=O)C(F)(F)F)OS(=O)(=O)C(F)(F)F. The first-order valence-corrected chi connectivity index (χ1v) is 7.56. The monoisotopic (exact) mass is 366 g/mol. The topological polar surface area (TPSA) is 86.7 Å². The summed E-state index contributed by atoms with van der Waals surface area (Å²) in [5.41, 5.74) is -11.3. The van der Waals surface area contributed by atoms with E-state index in [2.05, 4.69) is 14.9 Å². The molecule has 0 saturated heterocycles. The Labute approximate surface area is 115 Å². The summed E-state index contributed by atoms with van der Waals surface area (Å²) in [6.07, 6.45) is -1.23. The maximum Gasteiger partial charge on any atom is 0.534 e. The fourth-order valence-electron chi connectivity index (χ4n) is 0.749. The number of rotatable bonds is 7. The van der Waals surface area contributed by atoms with Gasteiger partial charge >= 0.3 is 31.3 Å². The highest BCUT2D eigenvalue weighted by atomic mass is 32.2. The summed E-state index contributed by atoms with van der Waals surface area (Å²) in [6, 6.07) is 0. The third-order valence-corrected chi connectivity index (χ3v) is 3.70. The van der Waals surface area contributed by atoms with Gasteiger partial charge in [0.25, 0.3) is 0 Å². The molecule has 126 valence electrons. The van der Waals surface area contributed by atoms with E-state index in [-0.39, 0.29) is 0 Å². The Hall–Kier alpha value is -1.02. The van der Waals surface area contributed by atoms with Gasteiger partial charge in [-0.3, -0.25) is 4.18 Å². The van der Waals surface area contributed by atoms with Gasteiger partial charge in [0.2, 0.25) is 0 Å². The van der Waals surface area contributed by atoms with Gasteiger partial charge in [-0.25, -0.2) is 0 Å². The first-order chi connectivity index (χ1) is 9.10. The van der Waals surface area contributed by atoms with Crippen LogP contribution in [0.25, 0.3) is 0 Å². The summed E-state index contributed by atoms with van der Waals surface area (Å²) in [5, 5.41) is 0. The van der Waals surface area contributed by atoms with Gasteiger partial charge in [0, 0.05) is 6.42 Å². The van der Waals surface area contributed by atoms with Gasteiger partial charge < -0.3 is 4.18 Å². The van der Waals surface area contributed by atoms with E-state index in [1.807, 2.05) is 0 Å². The van der Waals surface area contributed by atoms with E-state index in [1.165, 1.54) is 0 Å². The Morgan fingerprint density at radius 1 is 0.905 bits per heavy atom. The lowest BCUT2D eigenvalue weighted by atomic mass is 10.3. The molecule has 0 heterocycles. The van der Waals surface area contributed by atoms with Crippen LogP contribution in [0.3, 0.4) is 0 Å². The van der Waals surface area contributed by atoms with Crippen molar-refractivity contribution in [1.82, 2.24) is 0 Å². The molecular weight excluding hydrogens is 358 g/mol. The Kier molecular flexibility index (Phi) is 6.08. The molecule has 0 bridgehead atoms. The van der Waals surface area contributed by atoms with Crippen LogP contribution in [0.2, 0.25) is 0 Å². The first-order valence-electron chi connectivity index (χ1n) is 4.74. The highest BCUT2D eigenvalue weighted by molar-refractivity contribution is 7.87. The Balaban J connectivity index is 4.32. The minimum Gasteiger partial charge on any atom is -0.381 e. The van der Waals surface area contributed by atoms with Crippen molar-refractivity contribution in [3.8, 4) is 0 Å². The molecule has 6 nitrogen and oxygen atoms in total. The van der Waals surface area contributed by atoms with E-state index < -0.39 is 56.5 Å². The zero-order valence-corrected chi connectivity index (χ0v) is 11.5. The van der Waals surface area contributed by atoms with Gasteiger partial charge in [0.15, 0.2) is 0 Å². The van der Waals surface area contributed by atoms with Gasteiger partial charge in [-0.2, -0.15) is 43.2 Å². The lowest BCUT2D eigenvalue weighted by Crippen LogP contribution is -2.26. The first kappa shape index (κ1) is 20.0. The highest BCUT2D eigenvalue weighted by Crippen LogP contribution is 2.27.